The van der Waals surface area contributed by atoms with Gasteiger partial charge < -0.3 is 14.6 Å². The maximum absolute atomic E-state index is 12.7. The average molecular weight is 435 g/mol. The Kier molecular flexibility index (Phi) is 5.95. The van der Waals surface area contributed by atoms with Crippen molar-refractivity contribution in [2.45, 2.75) is 25.3 Å². The van der Waals surface area contributed by atoms with Crippen molar-refractivity contribution in [3.05, 3.63) is 82.7 Å². The molecule has 1 aliphatic heterocycles. The first-order chi connectivity index (χ1) is 14.9. The SMILES string of the molecule is Cc1cc(C(=O)COC(=O)c2ccc3c(c2)NC(=O)CS3)c(C)n1Cc1ccccc1. The van der Waals surface area contributed by atoms with E-state index in [4.69, 9.17) is 4.74 Å². The molecule has 0 fully saturated rings. The third kappa shape index (κ3) is 4.56. The number of thioether (sulfide) groups is 1. The molecule has 0 saturated heterocycles. The number of rotatable bonds is 6. The quantitative estimate of drug-likeness (QED) is 0.464. The van der Waals surface area contributed by atoms with Gasteiger partial charge in [0.05, 0.1) is 17.0 Å². The van der Waals surface area contributed by atoms with E-state index in [2.05, 4.69) is 9.88 Å². The monoisotopic (exact) mass is 434 g/mol. The van der Waals surface area contributed by atoms with Crippen molar-refractivity contribution in [2.75, 3.05) is 17.7 Å². The molecule has 0 spiro atoms. The van der Waals surface area contributed by atoms with E-state index in [1.54, 1.807) is 18.2 Å². The Hall–Kier alpha value is -3.32. The first-order valence-corrected chi connectivity index (χ1v) is 10.9. The van der Waals surface area contributed by atoms with Gasteiger partial charge in [-0.1, -0.05) is 30.3 Å². The molecule has 31 heavy (non-hydrogen) atoms. The van der Waals surface area contributed by atoms with Crippen molar-refractivity contribution in [1.29, 1.82) is 0 Å². The van der Waals surface area contributed by atoms with Crippen LogP contribution >= 0.6 is 11.8 Å². The lowest BCUT2D eigenvalue weighted by Gasteiger charge is -2.16. The van der Waals surface area contributed by atoms with Crippen LogP contribution in [-0.4, -0.2) is 34.6 Å². The normalized spacial score (nSPS) is 12.8. The van der Waals surface area contributed by atoms with E-state index in [1.807, 2.05) is 50.2 Å². The molecule has 2 aromatic carbocycles. The molecule has 4 rings (SSSR count). The predicted octanol–water partition coefficient (Wildman–Crippen LogP) is 4.24. The molecular formula is C24H22N2O4S. The summed E-state index contributed by atoms with van der Waals surface area (Å²) < 4.78 is 7.34. The summed E-state index contributed by atoms with van der Waals surface area (Å²) in [5.74, 6) is -0.598. The second-order valence-electron chi connectivity index (χ2n) is 7.40. The fourth-order valence-corrected chi connectivity index (χ4v) is 4.38. The van der Waals surface area contributed by atoms with Crippen LogP contribution in [0.2, 0.25) is 0 Å². The van der Waals surface area contributed by atoms with Crippen LogP contribution in [0.1, 0.15) is 37.7 Å². The van der Waals surface area contributed by atoms with Gasteiger partial charge in [-0.2, -0.15) is 0 Å². The number of hydrogen-bond acceptors (Lipinski definition) is 5. The number of fused-ring (bicyclic) bond motifs is 1. The lowest BCUT2D eigenvalue weighted by Crippen LogP contribution is -2.19. The zero-order valence-corrected chi connectivity index (χ0v) is 18.1. The second kappa shape index (κ2) is 8.81. The lowest BCUT2D eigenvalue weighted by atomic mass is 10.1. The van der Waals surface area contributed by atoms with E-state index < -0.39 is 5.97 Å². The van der Waals surface area contributed by atoms with Gasteiger partial charge in [-0.05, 0) is 43.7 Å². The highest BCUT2D eigenvalue weighted by Crippen LogP contribution is 2.32. The highest BCUT2D eigenvalue weighted by atomic mass is 32.2. The number of aromatic nitrogens is 1. The molecule has 0 unspecified atom stereocenters. The Morgan fingerprint density at radius 1 is 1.10 bits per heavy atom. The number of Topliss-reactive ketones (excluding diaryl/α,β-unsaturated/α-hetero) is 1. The van der Waals surface area contributed by atoms with E-state index in [9.17, 15) is 14.4 Å². The summed E-state index contributed by atoms with van der Waals surface area (Å²) in [5.41, 5.74) is 4.40. The van der Waals surface area contributed by atoms with Crippen LogP contribution in [0.4, 0.5) is 5.69 Å². The van der Waals surface area contributed by atoms with Gasteiger partial charge in [0.1, 0.15) is 0 Å². The van der Waals surface area contributed by atoms with Gasteiger partial charge in [-0.25, -0.2) is 4.79 Å². The van der Waals surface area contributed by atoms with Crippen molar-refractivity contribution >= 4 is 35.1 Å². The van der Waals surface area contributed by atoms with Crippen LogP contribution in [0.25, 0.3) is 0 Å². The fraction of sp³-hybridized carbons (Fsp3) is 0.208. The number of nitrogens with one attached hydrogen (secondary N) is 1. The molecular weight excluding hydrogens is 412 g/mol. The summed E-state index contributed by atoms with van der Waals surface area (Å²) >= 11 is 1.42. The Morgan fingerprint density at radius 3 is 2.65 bits per heavy atom. The molecule has 3 aromatic rings. The molecule has 158 valence electrons. The summed E-state index contributed by atoms with van der Waals surface area (Å²) in [7, 11) is 0. The molecule has 0 radical (unpaired) electrons. The van der Waals surface area contributed by atoms with Gasteiger partial charge in [-0.3, -0.25) is 9.59 Å². The molecule has 0 saturated carbocycles. The Labute approximate surface area is 184 Å². The Bertz CT molecular complexity index is 1170. The molecule has 6 nitrogen and oxygen atoms in total. The average Bonchev–Trinajstić information content (AvgIpc) is 3.05. The first-order valence-electron chi connectivity index (χ1n) is 9.90. The van der Waals surface area contributed by atoms with Crippen molar-refractivity contribution in [2.24, 2.45) is 0 Å². The molecule has 0 bridgehead atoms. The Balaban J connectivity index is 1.43. The molecule has 0 aliphatic carbocycles. The number of carbonyl (C=O) groups excluding carboxylic acids is 3. The highest BCUT2D eigenvalue weighted by molar-refractivity contribution is 8.00. The molecule has 1 aliphatic rings. The zero-order valence-electron chi connectivity index (χ0n) is 17.3. The van der Waals surface area contributed by atoms with Gasteiger partial charge >= 0.3 is 5.97 Å². The Morgan fingerprint density at radius 2 is 1.87 bits per heavy atom. The maximum Gasteiger partial charge on any atom is 0.338 e. The number of ether oxygens (including phenoxy) is 1. The zero-order chi connectivity index (χ0) is 22.0. The predicted molar refractivity (Wildman–Crippen MR) is 120 cm³/mol. The topological polar surface area (TPSA) is 77.4 Å². The first kappa shape index (κ1) is 20.9. The minimum Gasteiger partial charge on any atom is -0.454 e. The van der Waals surface area contributed by atoms with E-state index in [0.717, 1.165) is 21.8 Å². The van der Waals surface area contributed by atoms with Gasteiger partial charge in [0.2, 0.25) is 11.7 Å². The number of amides is 1. The van der Waals surface area contributed by atoms with Gasteiger partial charge in [-0.15, -0.1) is 11.8 Å². The molecule has 1 N–H and O–H groups in total. The molecule has 1 aromatic heterocycles. The number of ketones is 1. The minimum atomic E-state index is -0.598. The summed E-state index contributed by atoms with van der Waals surface area (Å²) in [6.45, 7) is 4.18. The van der Waals surface area contributed by atoms with Crippen molar-refractivity contribution in [1.82, 2.24) is 4.57 Å². The third-order valence-corrected chi connectivity index (χ3v) is 6.31. The van der Waals surface area contributed by atoms with Crippen LogP contribution in [0, 0.1) is 13.8 Å². The van der Waals surface area contributed by atoms with Gasteiger partial charge in [0.15, 0.2) is 6.61 Å². The minimum absolute atomic E-state index is 0.107. The standard InChI is InChI=1S/C24H22N2O4S/c1-15-10-19(16(2)26(15)12-17-6-4-3-5-7-17)21(27)13-30-24(29)18-8-9-22-20(11-18)25-23(28)14-31-22/h3-11H,12-14H2,1-2H3,(H,25,28). The van der Waals surface area contributed by atoms with Crippen molar-refractivity contribution in [3.8, 4) is 0 Å². The van der Waals surface area contributed by atoms with Gasteiger partial charge in [0.25, 0.3) is 0 Å². The van der Waals surface area contributed by atoms with Crippen LogP contribution in [0.5, 0.6) is 0 Å². The van der Waals surface area contributed by atoms with E-state index in [1.165, 1.54) is 11.8 Å². The van der Waals surface area contributed by atoms with Crippen molar-refractivity contribution < 1.29 is 19.1 Å². The van der Waals surface area contributed by atoms with Crippen LogP contribution in [0.15, 0.2) is 59.5 Å². The number of carbonyl (C=O) groups is 3. The summed E-state index contributed by atoms with van der Waals surface area (Å²) in [5, 5.41) is 2.74. The van der Waals surface area contributed by atoms with Crippen LogP contribution in [0.3, 0.4) is 0 Å². The van der Waals surface area contributed by atoms with Crippen molar-refractivity contribution in [3.63, 3.8) is 0 Å². The number of nitrogens with zero attached hydrogens (tertiary/aromatic N) is 1. The summed E-state index contributed by atoms with van der Waals surface area (Å²) in [6.07, 6.45) is 0. The number of esters is 1. The second-order valence-corrected chi connectivity index (χ2v) is 8.42. The highest BCUT2D eigenvalue weighted by Gasteiger charge is 2.20. The molecule has 7 heteroatoms. The number of anilines is 1. The number of benzene rings is 2. The third-order valence-electron chi connectivity index (χ3n) is 5.24. The summed E-state index contributed by atoms with van der Waals surface area (Å²) in [4.78, 5) is 37.7. The van der Waals surface area contributed by atoms with Crippen LogP contribution in [-0.2, 0) is 16.1 Å². The van der Waals surface area contributed by atoms with Gasteiger partial charge in [0, 0.05) is 28.4 Å². The largest absolute Gasteiger partial charge is 0.454 e. The van der Waals surface area contributed by atoms with Crippen LogP contribution < -0.4 is 5.32 Å². The smallest absolute Gasteiger partial charge is 0.338 e. The summed E-state index contributed by atoms with van der Waals surface area (Å²) in [6, 6.07) is 16.9. The van der Waals surface area contributed by atoms with E-state index in [-0.39, 0.29) is 18.3 Å². The maximum atomic E-state index is 12.7. The fourth-order valence-electron chi connectivity index (χ4n) is 3.59. The molecule has 2 heterocycles. The van der Waals surface area contributed by atoms with E-state index in [0.29, 0.717) is 29.1 Å². The number of aryl methyl sites for hydroxylation is 1. The molecule has 1 amide bonds. The lowest BCUT2D eigenvalue weighted by molar-refractivity contribution is -0.113. The molecule has 0 atom stereocenters. The number of hydrogen-bond donors (Lipinski definition) is 1. The van der Waals surface area contributed by atoms with E-state index >= 15 is 0 Å².